The van der Waals surface area contributed by atoms with Crippen molar-refractivity contribution < 1.29 is 23.9 Å². The Balaban J connectivity index is 0.990. The van der Waals surface area contributed by atoms with Crippen LogP contribution in [0.2, 0.25) is 5.02 Å². The lowest BCUT2D eigenvalue weighted by Gasteiger charge is -2.48. The number of likely N-dealkylation sites (tertiary alicyclic amines) is 2. The molecule has 4 aliphatic heterocycles. The van der Waals surface area contributed by atoms with Gasteiger partial charge in [-0.3, -0.25) is 24.7 Å². The van der Waals surface area contributed by atoms with Gasteiger partial charge in [0.25, 0.3) is 5.91 Å². The number of ether oxygens (including phenoxy) is 1. The zero-order valence-corrected chi connectivity index (χ0v) is 27.0. The SMILES string of the molecule is CC(C)(C)OC(=O)N1CC2CCC(C1)N2CC1CCC2(CC1)CCN(C(=O)c1ccc(Cl)c(N3CCC(=O)NC3=O)c1)CC2. The number of benzene rings is 1. The molecule has 2 bridgehead atoms. The van der Waals surface area contributed by atoms with Gasteiger partial charge in [0, 0.05) is 63.3 Å². The van der Waals surface area contributed by atoms with Crippen molar-refractivity contribution in [1.29, 1.82) is 0 Å². The van der Waals surface area contributed by atoms with Gasteiger partial charge in [0.05, 0.1) is 10.7 Å². The molecule has 5 amide bonds. The molecule has 1 spiro atoms. The van der Waals surface area contributed by atoms with E-state index in [0.29, 0.717) is 39.7 Å². The summed E-state index contributed by atoms with van der Waals surface area (Å²) in [7, 11) is 0. The number of nitrogens with zero attached hydrogens (tertiary/aromatic N) is 4. The van der Waals surface area contributed by atoms with E-state index in [2.05, 4.69) is 10.2 Å². The van der Waals surface area contributed by atoms with Gasteiger partial charge in [-0.1, -0.05) is 11.6 Å². The van der Waals surface area contributed by atoms with Crippen LogP contribution in [0.25, 0.3) is 0 Å². The van der Waals surface area contributed by atoms with Crippen molar-refractivity contribution in [2.45, 2.75) is 96.2 Å². The molecule has 4 heterocycles. The van der Waals surface area contributed by atoms with Crippen LogP contribution in [0.4, 0.5) is 15.3 Å². The number of imide groups is 1. The molecule has 5 fully saturated rings. The van der Waals surface area contributed by atoms with Gasteiger partial charge in [-0.05, 0) is 102 Å². The van der Waals surface area contributed by atoms with Crippen LogP contribution in [0.1, 0.15) is 88.9 Å². The number of nitrogens with one attached hydrogen (secondary N) is 1. The van der Waals surface area contributed by atoms with Gasteiger partial charge in [0.1, 0.15) is 5.60 Å². The number of hydrogen-bond acceptors (Lipinski definition) is 6. The maximum Gasteiger partial charge on any atom is 0.410 e. The molecule has 2 unspecified atom stereocenters. The summed E-state index contributed by atoms with van der Waals surface area (Å²) in [5.41, 5.74) is 0.805. The fourth-order valence-electron chi connectivity index (χ4n) is 8.05. The minimum atomic E-state index is -0.515. The van der Waals surface area contributed by atoms with Crippen LogP contribution in [0.5, 0.6) is 0 Å². The zero-order valence-electron chi connectivity index (χ0n) is 26.3. The summed E-state index contributed by atoms with van der Waals surface area (Å²) in [6.07, 6.45) is 9.23. The molecule has 4 saturated heterocycles. The number of piperazine rings is 1. The van der Waals surface area contributed by atoms with Crippen molar-refractivity contribution >= 4 is 41.2 Å². The normalized spacial score (nSPS) is 26.2. The van der Waals surface area contributed by atoms with E-state index in [1.807, 2.05) is 30.6 Å². The molecule has 1 aromatic rings. The standard InChI is InChI=1S/C33H46ClN5O5/c1-32(2,3)44-31(43)37-20-24-5-6-25(21-37)39(24)19-22-8-11-33(12-9-22)13-16-36(17-14-33)29(41)23-4-7-26(34)27(18-23)38-15-10-28(40)35-30(38)42/h4,7,18,22,24-25H,5-6,8-17,19-21H2,1-3H3,(H,35,40,42). The summed E-state index contributed by atoms with van der Waals surface area (Å²) in [6, 6.07) is 5.41. The van der Waals surface area contributed by atoms with Crippen molar-refractivity contribution in [2.24, 2.45) is 11.3 Å². The maximum absolute atomic E-state index is 13.5. The topological polar surface area (TPSA) is 102 Å². The highest BCUT2D eigenvalue weighted by atomic mass is 35.5. The van der Waals surface area contributed by atoms with Crippen molar-refractivity contribution in [2.75, 3.05) is 44.2 Å². The van der Waals surface area contributed by atoms with E-state index >= 15 is 0 Å². The Bertz CT molecular complexity index is 1280. The molecule has 1 aromatic carbocycles. The maximum atomic E-state index is 13.5. The molecule has 1 saturated carbocycles. The molecule has 1 aliphatic carbocycles. The second kappa shape index (κ2) is 12.2. The van der Waals surface area contributed by atoms with Crippen LogP contribution in [0.3, 0.4) is 0 Å². The van der Waals surface area contributed by atoms with Gasteiger partial charge in [-0.25, -0.2) is 9.59 Å². The average molecular weight is 628 g/mol. The Morgan fingerprint density at radius 2 is 1.61 bits per heavy atom. The van der Waals surface area contributed by atoms with E-state index in [0.717, 1.165) is 58.4 Å². The fraction of sp³-hybridized carbons (Fsp3) is 0.697. The number of fused-ring (bicyclic) bond motifs is 2. The smallest absolute Gasteiger partial charge is 0.410 e. The number of hydrogen-bond donors (Lipinski definition) is 1. The van der Waals surface area contributed by atoms with Gasteiger partial charge in [0.2, 0.25) is 5.91 Å². The van der Waals surface area contributed by atoms with Gasteiger partial charge < -0.3 is 14.5 Å². The summed E-state index contributed by atoms with van der Waals surface area (Å²) in [4.78, 5) is 58.1. The van der Waals surface area contributed by atoms with E-state index < -0.39 is 11.6 Å². The van der Waals surface area contributed by atoms with Crippen molar-refractivity contribution in [3.05, 3.63) is 28.8 Å². The molecule has 5 aliphatic rings. The third-order valence-electron chi connectivity index (χ3n) is 10.6. The Kier molecular flexibility index (Phi) is 8.60. The number of halogens is 1. The Morgan fingerprint density at radius 3 is 2.23 bits per heavy atom. The summed E-state index contributed by atoms with van der Waals surface area (Å²) < 4.78 is 5.65. The van der Waals surface area contributed by atoms with E-state index in [-0.39, 0.29) is 30.9 Å². The minimum absolute atomic E-state index is 0.0408. The molecule has 2 atom stereocenters. The number of urea groups is 1. The largest absolute Gasteiger partial charge is 0.444 e. The number of anilines is 1. The highest BCUT2D eigenvalue weighted by molar-refractivity contribution is 6.34. The molecule has 10 nitrogen and oxygen atoms in total. The van der Waals surface area contributed by atoms with Crippen LogP contribution in [-0.4, -0.2) is 95.6 Å². The third kappa shape index (κ3) is 6.57. The lowest BCUT2D eigenvalue weighted by molar-refractivity contribution is -0.120. The number of piperidine rings is 1. The predicted octanol–water partition coefficient (Wildman–Crippen LogP) is 5.28. The molecular weight excluding hydrogens is 582 g/mol. The quantitative estimate of drug-likeness (QED) is 0.487. The first-order chi connectivity index (χ1) is 20.9. The fourth-order valence-corrected chi connectivity index (χ4v) is 8.27. The number of carbonyl (C=O) groups is 4. The van der Waals surface area contributed by atoms with Crippen molar-refractivity contribution in [3.8, 4) is 0 Å². The molecule has 0 aromatic heterocycles. The summed E-state index contributed by atoms with van der Waals surface area (Å²) >= 11 is 6.40. The highest BCUT2D eigenvalue weighted by Gasteiger charge is 2.45. The van der Waals surface area contributed by atoms with Crippen LogP contribution in [0.15, 0.2) is 18.2 Å². The predicted molar refractivity (Wildman–Crippen MR) is 168 cm³/mol. The first kappa shape index (κ1) is 31.1. The van der Waals surface area contributed by atoms with E-state index in [1.165, 1.54) is 30.6 Å². The van der Waals surface area contributed by atoms with E-state index in [9.17, 15) is 19.2 Å². The van der Waals surface area contributed by atoms with Crippen molar-refractivity contribution in [3.63, 3.8) is 0 Å². The third-order valence-corrected chi connectivity index (χ3v) is 10.9. The lowest BCUT2D eigenvalue weighted by Crippen LogP contribution is -2.57. The number of carbonyl (C=O) groups excluding carboxylic acids is 4. The van der Waals surface area contributed by atoms with Crippen LogP contribution < -0.4 is 10.2 Å². The highest BCUT2D eigenvalue weighted by Crippen LogP contribution is 2.47. The van der Waals surface area contributed by atoms with Crippen LogP contribution in [0, 0.1) is 11.3 Å². The average Bonchev–Trinajstić information content (AvgIpc) is 3.19. The molecule has 44 heavy (non-hydrogen) atoms. The number of amides is 5. The summed E-state index contributed by atoms with van der Waals surface area (Å²) in [5.74, 6) is 0.336. The molecule has 240 valence electrons. The molecule has 1 N–H and O–H groups in total. The van der Waals surface area contributed by atoms with Crippen molar-refractivity contribution in [1.82, 2.24) is 20.0 Å². The molecule has 11 heteroatoms. The first-order valence-electron chi connectivity index (χ1n) is 16.3. The molecule has 6 rings (SSSR count). The second-order valence-corrected chi connectivity index (χ2v) is 15.0. The monoisotopic (exact) mass is 627 g/mol. The number of rotatable bonds is 4. The lowest BCUT2D eigenvalue weighted by atomic mass is 9.65. The van der Waals surface area contributed by atoms with Gasteiger partial charge >= 0.3 is 12.1 Å². The Morgan fingerprint density at radius 1 is 0.955 bits per heavy atom. The summed E-state index contributed by atoms with van der Waals surface area (Å²) in [5, 5.41) is 2.69. The molecule has 0 radical (unpaired) electrons. The van der Waals surface area contributed by atoms with Gasteiger partial charge in [-0.15, -0.1) is 0 Å². The van der Waals surface area contributed by atoms with E-state index in [4.69, 9.17) is 16.3 Å². The Labute approximate surface area is 265 Å². The van der Waals surface area contributed by atoms with Crippen LogP contribution >= 0.6 is 11.6 Å². The van der Waals surface area contributed by atoms with Crippen LogP contribution in [-0.2, 0) is 9.53 Å². The van der Waals surface area contributed by atoms with E-state index in [1.54, 1.807) is 18.2 Å². The zero-order chi connectivity index (χ0) is 31.2. The van der Waals surface area contributed by atoms with Gasteiger partial charge in [-0.2, -0.15) is 0 Å². The minimum Gasteiger partial charge on any atom is -0.444 e. The first-order valence-corrected chi connectivity index (χ1v) is 16.7. The second-order valence-electron chi connectivity index (χ2n) is 14.6. The Hall–Kier alpha value is -2.85. The summed E-state index contributed by atoms with van der Waals surface area (Å²) in [6.45, 7) is 10.1. The van der Waals surface area contributed by atoms with Gasteiger partial charge in [0.15, 0.2) is 0 Å². The molecular formula is C33H46ClN5O5.